The topological polar surface area (TPSA) is 103 Å². The van der Waals surface area contributed by atoms with Gasteiger partial charge in [-0.25, -0.2) is 4.98 Å². The first kappa shape index (κ1) is 17.0. The van der Waals surface area contributed by atoms with Gasteiger partial charge in [-0.1, -0.05) is 28.9 Å². The van der Waals surface area contributed by atoms with Gasteiger partial charge in [-0.3, -0.25) is 14.2 Å². The molecule has 0 spiro atoms. The van der Waals surface area contributed by atoms with Gasteiger partial charge in [0.15, 0.2) is 0 Å². The van der Waals surface area contributed by atoms with E-state index in [0.29, 0.717) is 22.0 Å². The quantitative estimate of drug-likeness (QED) is 0.567. The summed E-state index contributed by atoms with van der Waals surface area (Å²) in [5, 5.41) is 7.39. The smallest absolute Gasteiger partial charge is 0.267 e. The van der Waals surface area contributed by atoms with Crippen LogP contribution in [-0.4, -0.2) is 20.6 Å². The van der Waals surface area contributed by atoms with Gasteiger partial charge in [0, 0.05) is 10.6 Å². The molecule has 0 radical (unpaired) electrons. The van der Waals surface area contributed by atoms with Crippen LogP contribution >= 0.6 is 11.6 Å². The molecule has 3 heterocycles. The Morgan fingerprint density at radius 1 is 1.22 bits per heavy atom. The number of nitrogens with one attached hydrogen (secondary N) is 1. The van der Waals surface area contributed by atoms with Gasteiger partial charge < -0.3 is 14.3 Å². The third-order valence-electron chi connectivity index (χ3n) is 3.93. The largest absolute Gasteiger partial charge is 0.467 e. The van der Waals surface area contributed by atoms with Crippen LogP contribution in [0.3, 0.4) is 0 Å². The van der Waals surface area contributed by atoms with Crippen molar-refractivity contribution in [1.82, 2.24) is 20.0 Å². The lowest BCUT2D eigenvalue weighted by Gasteiger charge is -2.06. The van der Waals surface area contributed by atoms with E-state index in [1.807, 2.05) is 0 Å². The van der Waals surface area contributed by atoms with E-state index in [9.17, 15) is 9.59 Å². The minimum atomic E-state index is -0.417. The molecule has 8 nitrogen and oxygen atoms in total. The zero-order valence-corrected chi connectivity index (χ0v) is 14.6. The summed E-state index contributed by atoms with van der Waals surface area (Å²) in [5.41, 5.74) is 0.707. The highest BCUT2D eigenvalue weighted by atomic mass is 35.5. The summed E-state index contributed by atoms with van der Waals surface area (Å²) in [7, 11) is 0. The molecule has 0 aliphatic heterocycles. The van der Waals surface area contributed by atoms with Crippen molar-refractivity contribution in [2.45, 2.75) is 13.1 Å². The fourth-order valence-electron chi connectivity index (χ4n) is 2.61. The van der Waals surface area contributed by atoms with Gasteiger partial charge in [0.1, 0.15) is 29.7 Å². The molecule has 0 unspecified atom stereocenters. The zero-order valence-electron chi connectivity index (χ0n) is 13.9. The molecule has 1 aromatic carbocycles. The normalized spacial score (nSPS) is 11.0. The molecule has 1 amide bonds. The van der Waals surface area contributed by atoms with Crippen molar-refractivity contribution in [3.05, 3.63) is 70.1 Å². The van der Waals surface area contributed by atoms with Crippen molar-refractivity contribution in [2.24, 2.45) is 0 Å². The van der Waals surface area contributed by atoms with Crippen LogP contribution in [0.15, 0.2) is 62.7 Å². The number of rotatable bonds is 5. The zero-order chi connectivity index (χ0) is 18.8. The van der Waals surface area contributed by atoms with E-state index in [0.717, 1.165) is 0 Å². The molecule has 0 bridgehead atoms. The van der Waals surface area contributed by atoms with Crippen molar-refractivity contribution in [3.8, 4) is 11.3 Å². The van der Waals surface area contributed by atoms with Gasteiger partial charge in [-0.05, 0) is 24.3 Å². The summed E-state index contributed by atoms with van der Waals surface area (Å²) in [6.45, 7) is 0.0489. The molecule has 0 atom stereocenters. The summed E-state index contributed by atoms with van der Waals surface area (Å²) in [4.78, 5) is 29.0. The number of nitrogens with zero attached hydrogens (tertiary/aromatic N) is 3. The Bertz CT molecular complexity index is 1150. The average Bonchev–Trinajstić information content (AvgIpc) is 3.33. The van der Waals surface area contributed by atoms with Crippen LogP contribution in [0.1, 0.15) is 5.76 Å². The van der Waals surface area contributed by atoms with Gasteiger partial charge in [0.2, 0.25) is 5.91 Å². The standard InChI is InChI=1S/C18H13ClN4O4/c19-12-5-3-11(4-6-12)16-15-17(27-22-16)21-10-23(18(15)25)9-14(24)20-8-13-2-1-7-26-13/h1-7,10H,8-9H2,(H,20,24). The molecule has 0 fully saturated rings. The van der Waals surface area contributed by atoms with Crippen LogP contribution in [0.2, 0.25) is 5.02 Å². The van der Waals surface area contributed by atoms with Crippen LogP contribution in [0.5, 0.6) is 0 Å². The van der Waals surface area contributed by atoms with Crippen molar-refractivity contribution < 1.29 is 13.7 Å². The monoisotopic (exact) mass is 384 g/mol. The maximum absolute atomic E-state index is 12.8. The Balaban J connectivity index is 1.61. The Kier molecular flexibility index (Phi) is 4.47. The number of halogens is 1. The first-order valence-corrected chi connectivity index (χ1v) is 8.39. The number of carbonyl (C=O) groups is 1. The number of hydrogen-bond acceptors (Lipinski definition) is 6. The molecule has 0 saturated carbocycles. The molecule has 1 N–H and O–H groups in total. The number of carbonyl (C=O) groups excluding carboxylic acids is 1. The molecule has 0 aliphatic carbocycles. The lowest BCUT2D eigenvalue weighted by atomic mass is 10.1. The first-order chi connectivity index (χ1) is 13.1. The Hall–Kier alpha value is -3.39. The van der Waals surface area contributed by atoms with Crippen molar-refractivity contribution >= 4 is 28.6 Å². The number of benzene rings is 1. The Labute approximate surface area is 157 Å². The summed E-state index contributed by atoms with van der Waals surface area (Å²) in [5.74, 6) is 0.271. The lowest BCUT2D eigenvalue weighted by Crippen LogP contribution is -2.32. The second-order valence-corrected chi connectivity index (χ2v) is 6.19. The Morgan fingerprint density at radius 3 is 2.78 bits per heavy atom. The highest BCUT2D eigenvalue weighted by molar-refractivity contribution is 6.30. The van der Waals surface area contributed by atoms with E-state index in [-0.39, 0.29) is 30.1 Å². The second-order valence-electron chi connectivity index (χ2n) is 5.75. The molecule has 9 heteroatoms. The van der Waals surface area contributed by atoms with E-state index < -0.39 is 5.56 Å². The van der Waals surface area contributed by atoms with Crippen LogP contribution in [0, 0.1) is 0 Å². The fourth-order valence-corrected chi connectivity index (χ4v) is 2.73. The highest BCUT2D eigenvalue weighted by Crippen LogP contribution is 2.25. The SMILES string of the molecule is O=C(Cn1cnc2onc(-c3ccc(Cl)cc3)c2c1=O)NCc1ccco1. The fraction of sp³-hybridized carbons (Fsp3) is 0.111. The number of fused-ring (bicyclic) bond motifs is 1. The van der Waals surface area contributed by atoms with Crippen LogP contribution in [0.25, 0.3) is 22.4 Å². The second kappa shape index (κ2) is 7.08. The summed E-state index contributed by atoms with van der Waals surface area (Å²) >= 11 is 5.90. The number of hydrogen-bond donors (Lipinski definition) is 1. The van der Waals surface area contributed by atoms with Crippen molar-refractivity contribution in [3.63, 3.8) is 0 Å². The van der Waals surface area contributed by atoms with E-state index in [2.05, 4.69) is 15.5 Å². The molecule has 136 valence electrons. The molecule has 0 aliphatic rings. The first-order valence-electron chi connectivity index (χ1n) is 8.01. The van der Waals surface area contributed by atoms with Crippen LogP contribution < -0.4 is 10.9 Å². The molecular formula is C18H13ClN4O4. The van der Waals surface area contributed by atoms with E-state index in [1.165, 1.54) is 17.2 Å². The van der Waals surface area contributed by atoms with Gasteiger partial charge in [-0.2, -0.15) is 0 Å². The number of furan rings is 1. The van der Waals surface area contributed by atoms with Crippen LogP contribution in [-0.2, 0) is 17.9 Å². The molecule has 4 aromatic rings. The van der Waals surface area contributed by atoms with Crippen LogP contribution in [0.4, 0.5) is 0 Å². The molecule has 0 saturated heterocycles. The summed E-state index contributed by atoms with van der Waals surface area (Å²) < 4.78 is 11.5. The third-order valence-corrected chi connectivity index (χ3v) is 4.19. The molecule has 4 rings (SSSR count). The summed E-state index contributed by atoms with van der Waals surface area (Å²) in [6, 6.07) is 10.3. The van der Waals surface area contributed by atoms with E-state index >= 15 is 0 Å². The predicted molar refractivity (Wildman–Crippen MR) is 97.1 cm³/mol. The third kappa shape index (κ3) is 3.47. The molecule has 3 aromatic heterocycles. The molecular weight excluding hydrogens is 372 g/mol. The number of amides is 1. The maximum atomic E-state index is 12.8. The van der Waals surface area contributed by atoms with E-state index in [4.69, 9.17) is 20.5 Å². The Morgan fingerprint density at radius 2 is 2.04 bits per heavy atom. The minimum Gasteiger partial charge on any atom is -0.467 e. The lowest BCUT2D eigenvalue weighted by molar-refractivity contribution is -0.122. The highest BCUT2D eigenvalue weighted by Gasteiger charge is 2.18. The van der Waals surface area contributed by atoms with Gasteiger partial charge in [-0.15, -0.1) is 0 Å². The maximum Gasteiger partial charge on any atom is 0.267 e. The number of aromatic nitrogens is 3. The predicted octanol–water partition coefficient (Wildman–Crippen LogP) is 2.61. The minimum absolute atomic E-state index is 0.109. The van der Waals surface area contributed by atoms with Gasteiger partial charge in [0.05, 0.1) is 12.8 Å². The van der Waals surface area contributed by atoms with Gasteiger partial charge in [0.25, 0.3) is 11.3 Å². The van der Waals surface area contributed by atoms with E-state index in [1.54, 1.807) is 36.4 Å². The molecule has 27 heavy (non-hydrogen) atoms. The average molecular weight is 385 g/mol. The van der Waals surface area contributed by atoms with Crippen molar-refractivity contribution in [2.75, 3.05) is 0 Å². The van der Waals surface area contributed by atoms with Gasteiger partial charge >= 0.3 is 0 Å². The summed E-state index contributed by atoms with van der Waals surface area (Å²) in [6.07, 6.45) is 2.78. The van der Waals surface area contributed by atoms with Crippen molar-refractivity contribution in [1.29, 1.82) is 0 Å².